The fraction of sp³-hybridized carbons (Fsp3) is 0.0588. The molecule has 26 heavy (non-hydrogen) atoms. The number of hydrogen-bond donors (Lipinski definition) is 2. The monoisotopic (exact) mass is 346 g/mol. The van der Waals surface area contributed by atoms with Gasteiger partial charge in [-0.05, 0) is 17.7 Å². The number of carbonyl (C=O) groups excluding carboxylic acids is 1. The molecule has 0 fully saturated rings. The van der Waals surface area contributed by atoms with E-state index in [1.807, 2.05) is 30.3 Å². The van der Waals surface area contributed by atoms with E-state index >= 15 is 0 Å². The van der Waals surface area contributed by atoms with Crippen LogP contribution in [0.5, 0.6) is 0 Å². The van der Waals surface area contributed by atoms with Crippen LogP contribution in [0.25, 0.3) is 17.0 Å². The van der Waals surface area contributed by atoms with Gasteiger partial charge >= 0.3 is 0 Å². The fourth-order valence-electron chi connectivity index (χ4n) is 2.54. The van der Waals surface area contributed by atoms with Gasteiger partial charge in [0.25, 0.3) is 11.9 Å². The summed E-state index contributed by atoms with van der Waals surface area (Å²) in [5.74, 6) is 0.136. The number of rotatable bonds is 5. The van der Waals surface area contributed by atoms with E-state index in [1.165, 1.54) is 11.0 Å². The van der Waals surface area contributed by atoms with Gasteiger partial charge in [-0.3, -0.25) is 4.79 Å². The van der Waals surface area contributed by atoms with Gasteiger partial charge in [0, 0.05) is 6.54 Å². The molecule has 9 heteroatoms. The molecular weight excluding hydrogens is 332 g/mol. The predicted octanol–water partition coefficient (Wildman–Crippen LogP) is 1.32. The van der Waals surface area contributed by atoms with Gasteiger partial charge in [-0.15, -0.1) is 5.10 Å². The lowest BCUT2D eigenvalue weighted by Crippen LogP contribution is -2.11. The van der Waals surface area contributed by atoms with E-state index in [4.69, 9.17) is 5.73 Å². The second-order valence-electron chi connectivity index (χ2n) is 5.49. The summed E-state index contributed by atoms with van der Waals surface area (Å²) in [6.07, 6.45) is 1.39. The highest BCUT2D eigenvalue weighted by Crippen LogP contribution is 2.18. The van der Waals surface area contributed by atoms with E-state index in [1.54, 1.807) is 18.2 Å². The molecule has 0 aliphatic rings. The van der Waals surface area contributed by atoms with Gasteiger partial charge in [0.1, 0.15) is 11.8 Å². The highest BCUT2D eigenvalue weighted by Gasteiger charge is 2.15. The maximum atomic E-state index is 11.5. The molecule has 0 aliphatic heterocycles. The topological polar surface area (TPSA) is 125 Å². The number of primary amides is 1. The number of nitrogens with one attached hydrogen (secondary N) is 1. The van der Waals surface area contributed by atoms with Crippen LogP contribution in [0.4, 0.5) is 5.95 Å². The van der Waals surface area contributed by atoms with Crippen molar-refractivity contribution in [1.29, 1.82) is 0 Å². The van der Waals surface area contributed by atoms with E-state index in [9.17, 15) is 4.79 Å². The molecule has 0 unspecified atom stereocenters. The molecule has 0 spiro atoms. The summed E-state index contributed by atoms with van der Waals surface area (Å²) >= 11 is 0. The van der Waals surface area contributed by atoms with E-state index < -0.39 is 5.91 Å². The molecule has 0 saturated heterocycles. The molecule has 0 radical (unpaired) electrons. The summed E-state index contributed by atoms with van der Waals surface area (Å²) in [6, 6.07) is 15.0. The zero-order chi connectivity index (χ0) is 17.9. The van der Waals surface area contributed by atoms with Crippen molar-refractivity contribution in [2.45, 2.75) is 6.54 Å². The van der Waals surface area contributed by atoms with Crippen LogP contribution >= 0.6 is 0 Å². The van der Waals surface area contributed by atoms with Gasteiger partial charge in [-0.1, -0.05) is 41.6 Å². The Hall–Kier alpha value is -3.88. The van der Waals surface area contributed by atoms with Crippen molar-refractivity contribution in [3.05, 3.63) is 66.0 Å². The molecule has 0 bridgehead atoms. The van der Waals surface area contributed by atoms with Crippen molar-refractivity contribution in [1.82, 2.24) is 29.9 Å². The minimum Gasteiger partial charge on any atom is -0.366 e. The third-order valence-electron chi connectivity index (χ3n) is 3.78. The molecule has 2 aromatic carbocycles. The molecule has 1 amide bonds. The molecule has 2 aromatic heterocycles. The highest BCUT2D eigenvalue weighted by atomic mass is 16.1. The Bertz CT molecular complexity index is 1080. The van der Waals surface area contributed by atoms with Crippen LogP contribution in [-0.2, 0) is 6.54 Å². The Morgan fingerprint density at radius 3 is 2.73 bits per heavy atom. The van der Waals surface area contributed by atoms with Crippen molar-refractivity contribution >= 4 is 22.9 Å². The number of aromatic nitrogens is 6. The van der Waals surface area contributed by atoms with E-state index in [0.29, 0.717) is 35.0 Å². The van der Waals surface area contributed by atoms with Crippen molar-refractivity contribution in [3.8, 4) is 5.95 Å². The SMILES string of the molecule is NC(=O)c1cccc2c1nnn2-c1ncnc(NCc2ccccc2)n1. The molecule has 4 rings (SSSR count). The van der Waals surface area contributed by atoms with Gasteiger partial charge in [0.15, 0.2) is 0 Å². The van der Waals surface area contributed by atoms with E-state index in [2.05, 4.69) is 30.6 Å². The molecule has 3 N–H and O–H groups in total. The Labute approximate surface area is 147 Å². The molecule has 128 valence electrons. The summed E-state index contributed by atoms with van der Waals surface area (Å²) in [6.45, 7) is 0.578. The third-order valence-corrected chi connectivity index (χ3v) is 3.78. The molecule has 2 heterocycles. The number of fused-ring (bicyclic) bond motifs is 1. The lowest BCUT2D eigenvalue weighted by molar-refractivity contribution is 0.100. The Balaban J connectivity index is 1.65. The summed E-state index contributed by atoms with van der Waals surface area (Å²) < 4.78 is 1.44. The quantitative estimate of drug-likeness (QED) is 0.558. The number of nitrogens with zero attached hydrogens (tertiary/aromatic N) is 6. The zero-order valence-electron chi connectivity index (χ0n) is 13.6. The predicted molar refractivity (Wildman–Crippen MR) is 94.5 cm³/mol. The van der Waals surface area contributed by atoms with Crippen LogP contribution in [0.2, 0.25) is 0 Å². The number of anilines is 1. The van der Waals surface area contributed by atoms with Crippen LogP contribution in [0, 0.1) is 0 Å². The molecular formula is C17H14N8O. The van der Waals surface area contributed by atoms with Crippen LogP contribution in [0.1, 0.15) is 15.9 Å². The molecule has 9 nitrogen and oxygen atoms in total. The minimum atomic E-state index is -0.566. The highest BCUT2D eigenvalue weighted by molar-refractivity contribution is 6.03. The number of benzene rings is 2. The minimum absolute atomic E-state index is 0.291. The zero-order valence-corrected chi connectivity index (χ0v) is 13.6. The summed E-state index contributed by atoms with van der Waals surface area (Å²) in [5, 5.41) is 11.2. The Kier molecular flexibility index (Phi) is 3.94. The fourth-order valence-corrected chi connectivity index (χ4v) is 2.54. The van der Waals surface area contributed by atoms with Crippen LogP contribution in [0.15, 0.2) is 54.9 Å². The Morgan fingerprint density at radius 1 is 1.08 bits per heavy atom. The molecule has 0 saturated carbocycles. The smallest absolute Gasteiger partial charge is 0.257 e. The summed E-state index contributed by atoms with van der Waals surface area (Å²) in [7, 11) is 0. The van der Waals surface area contributed by atoms with Crippen molar-refractivity contribution in [3.63, 3.8) is 0 Å². The second-order valence-corrected chi connectivity index (χ2v) is 5.49. The molecule has 0 aliphatic carbocycles. The maximum Gasteiger partial charge on any atom is 0.257 e. The summed E-state index contributed by atoms with van der Waals surface area (Å²) in [5.41, 5.74) is 7.77. The van der Waals surface area contributed by atoms with Gasteiger partial charge in [0.2, 0.25) is 5.95 Å². The molecule has 0 atom stereocenters. The van der Waals surface area contributed by atoms with E-state index in [-0.39, 0.29) is 0 Å². The van der Waals surface area contributed by atoms with Gasteiger partial charge in [-0.2, -0.15) is 14.6 Å². The second kappa shape index (κ2) is 6.55. The van der Waals surface area contributed by atoms with Gasteiger partial charge in [0.05, 0.1) is 11.1 Å². The first-order valence-corrected chi connectivity index (χ1v) is 7.84. The van der Waals surface area contributed by atoms with E-state index in [0.717, 1.165) is 5.56 Å². The number of carbonyl (C=O) groups is 1. The number of nitrogens with two attached hydrogens (primary N) is 1. The standard InChI is InChI=1S/C17H14N8O/c18-15(26)12-7-4-8-13-14(12)23-24-25(13)17-21-10-20-16(22-17)19-9-11-5-2-1-3-6-11/h1-8,10H,9H2,(H2,18,26)(H,19,20,21,22). The van der Waals surface area contributed by atoms with Crippen molar-refractivity contribution < 1.29 is 4.79 Å². The largest absolute Gasteiger partial charge is 0.366 e. The lowest BCUT2D eigenvalue weighted by atomic mass is 10.2. The van der Waals surface area contributed by atoms with Crippen molar-refractivity contribution in [2.75, 3.05) is 5.32 Å². The average molecular weight is 346 g/mol. The van der Waals surface area contributed by atoms with Crippen LogP contribution < -0.4 is 11.1 Å². The first-order valence-electron chi connectivity index (χ1n) is 7.84. The Morgan fingerprint density at radius 2 is 1.92 bits per heavy atom. The van der Waals surface area contributed by atoms with Crippen molar-refractivity contribution in [2.24, 2.45) is 5.73 Å². The van der Waals surface area contributed by atoms with Gasteiger partial charge < -0.3 is 11.1 Å². The van der Waals surface area contributed by atoms with Crippen LogP contribution in [-0.4, -0.2) is 35.9 Å². The lowest BCUT2D eigenvalue weighted by Gasteiger charge is -2.06. The normalized spacial score (nSPS) is 10.8. The number of hydrogen-bond acceptors (Lipinski definition) is 7. The van der Waals surface area contributed by atoms with Gasteiger partial charge in [-0.25, -0.2) is 4.98 Å². The maximum absolute atomic E-state index is 11.5. The third kappa shape index (κ3) is 2.93. The first kappa shape index (κ1) is 15.6. The molecule has 4 aromatic rings. The number of amides is 1. The van der Waals surface area contributed by atoms with Crippen LogP contribution in [0.3, 0.4) is 0 Å². The summed E-state index contributed by atoms with van der Waals surface area (Å²) in [4.78, 5) is 24.2. The first-order chi connectivity index (χ1) is 12.7. The average Bonchev–Trinajstić information content (AvgIpc) is 3.11.